The lowest BCUT2D eigenvalue weighted by molar-refractivity contribution is -0.383. The van der Waals surface area contributed by atoms with Crippen molar-refractivity contribution in [1.29, 1.82) is 0 Å². The second-order valence-corrected chi connectivity index (χ2v) is 5.33. The van der Waals surface area contributed by atoms with Crippen LogP contribution in [0.4, 0.5) is 22.7 Å². The van der Waals surface area contributed by atoms with Gasteiger partial charge in [-0.15, -0.1) is 0 Å². The van der Waals surface area contributed by atoms with Crippen molar-refractivity contribution in [3.63, 3.8) is 0 Å². The summed E-state index contributed by atoms with van der Waals surface area (Å²) in [6.45, 7) is 0.986. The third-order valence-electron chi connectivity index (χ3n) is 3.49. The van der Waals surface area contributed by atoms with Gasteiger partial charge in [-0.1, -0.05) is 17.7 Å². The Kier molecular flexibility index (Phi) is 3.66. The molecule has 0 spiro atoms. The maximum Gasteiger partial charge on any atom is 0.311 e. The first-order valence-corrected chi connectivity index (χ1v) is 7.09. The van der Waals surface area contributed by atoms with Gasteiger partial charge in [0.15, 0.2) is 0 Å². The molecule has 0 amide bonds. The lowest BCUT2D eigenvalue weighted by Gasteiger charge is -2.19. The Morgan fingerprint density at radius 1 is 1.29 bits per heavy atom. The monoisotopic (exact) mass is 303 g/mol. The number of nitrogens with one attached hydrogen (secondary N) is 2. The predicted molar refractivity (Wildman–Crippen MR) is 84.6 cm³/mol. The molecule has 5 nitrogen and oxygen atoms in total. The van der Waals surface area contributed by atoms with Crippen LogP contribution in [-0.2, 0) is 6.42 Å². The van der Waals surface area contributed by atoms with Crippen molar-refractivity contribution in [3.8, 4) is 0 Å². The first kappa shape index (κ1) is 13.7. The SMILES string of the molecule is O=[N+]([O-])c1c(Cl)cccc1Nc1ccc2c(c1)CCCN2. The highest BCUT2D eigenvalue weighted by Crippen LogP contribution is 2.35. The molecule has 0 radical (unpaired) electrons. The molecule has 6 heteroatoms. The van der Waals surface area contributed by atoms with Gasteiger partial charge in [0.05, 0.1) is 4.92 Å². The quantitative estimate of drug-likeness (QED) is 0.653. The summed E-state index contributed by atoms with van der Waals surface area (Å²) in [5, 5.41) is 17.7. The Morgan fingerprint density at radius 2 is 2.14 bits per heavy atom. The second-order valence-electron chi connectivity index (χ2n) is 4.92. The van der Waals surface area contributed by atoms with Crippen molar-refractivity contribution in [2.45, 2.75) is 12.8 Å². The minimum atomic E-state index is -0.468. The lowest BCUT2D eigenvalue weighted by Crippen LogP contribution is -2.11. The van der Waals surface area contributed by atoms with Crippen LogP contribution >= 0.6 is 11.6 Å². The molecule has 0 saturated heterocycles. The standard InChI is InChI=1S/C15H14ClN3O2/c16-12-4-1-5-14(15(12)19(20)21)18-11-6-7-13-10(9-11)3-2-8-17-13/h1,4-7,9,17-18H,2-3,8H2. The summed E-state index contributed by atoms with van der Waals surface area (Å²) in [5.41, 5.74) is 3.47. The maximum atomic E-state index is 11.1. The first-order valence-electron chi connectivity index (χ1n) is 6.72. The van der Waals surface area contributed by atoms with E-state index in [9.17, 15) is 10.1 Å². The molecular weight excluding hydrogens is 290 g/mol. The van der Waals surface area contributed by atoms with Crippen LogP contribution in [-0.4, -0.2) is 11.5 Å². The van der Waals surface area contributed by atoms with Gasteiger partial charge < -0.3 is 10.6 Å². The molecule has 0 unspecified atom stereocenters. The number of halogens is 1. The predicted octanol–water partition coefficient (Wildman–Crippen LogP) is 4.35. The summed E-state index contributed by atoms with van der Waals surface area (Å²) in [7, 11) is 0. The fourth-order valence-electron chi connectivity index (χ4n) is 2.51. The third kappa shape index (κ3) is 2.78. The van der Waals surface area contributed by atoms with E-state index in [1.807, 2.05) is 18.2 Å². The minimum absolute atomic E-state index is 0.102. The fourth-order valence-corrected chi connectivity index (χ4v) is 2.75. The number of hydrogen-bond acceptors (Lipinski definition) is 4. The number of nitrogens with zero attached hydrogens (tertiary/aromatic N) is 1. The third-order valence-corrected chi connectivity index (χ3v) is 3.80. The van der Waals surface area contributed by atoms with Crippen LogP contribution in [0.15, 0.2) is 36.4 Å². The zero-order chi connectivity index (χ0) is 14.8. The normalized spacial score (nSPS) is 13.2. The highest BCUT2D eigenvalue weighted by atomic mass is 35.5. The number of nitro benzene ring substituents is 1. The molecule has 1 aliphatic heterocycles. The van der Waals surface area contributed by atoms with Crippen molar-refractivity contribution < 1.29 is 4.92 Å². The molecule has 0 atom stereocenters. The van der Waals surface area contributed by atoms with Crippen molar-refractivity contribution in [3.05, 3.63) is 57.1 Å². The van der Waals surface area contributed by atoms with Crippen molar-refractivity contribution in [1.82, 2.24) is 0 Å². The molecule has 2 N–H and O–H groups in total. The first-order chi connectivity index (χ1) is 10.1. The topological polar surface area (TPSA) is 67.2 Å². The van der Waals surface area contributed by atoms with E-state index in [1.165, 1.54) is 11.6 Å². The van der Waals surface area contributed by atoms with E-state index < -0.39 is 4.92 Å². The van der Waals surface area contributed by atoms with Gasteiger partial charge in [0.1, 0.15) is 10.7 Å². The number of aryl methyl sites for hydroxylation is 1. The number of rotatable bonds is 3. The zero-order valence-electron chi connectivity index (χ0n) is 11.2. The van der Waals surface area contributed by atoms with Crippen LogP contribution in [0, 0.1) is 10.1 Å². The van der Waals surface area contributed by atoms with E-state index in [1.54, 1.807) is 12.1 Å². The van der Waals surface area contributed by atoms with Crippen LogP contribution in [0.25, 0.3) is 0 Å². The fraction of sp³-hybridized carbons (Fsp3) is 0.200. The van der Waals surface area contributed by atoms with Crippen molar-refractivity contribution >= 4 is 34.4 Å². The van der Waals surface area contributed by atoms with E-state index >= 15 is 0 Å². The molecule has 1 heterocycles. The average Bonchev–Trinajstić information content (AvgIpc) is 2.47. The van der Waals surface area contributed by atoms with Crippen molar-refractivity contribution in [2.75, 3.05) is 17.2 Å². The number of benzene rings is 2. The molecule has 0 bridgehead atoms. The summed E-state index contributed by atoms with van der Waals surface area (Å²) in [4.78, 5) is 10.7. The van der Waals surface area contributed by atoms with Gasteiger partial charge >= 0.3 is 5.69 Å². The van der Waals surface area contributed by atoms with E-state index in [2.05, 4.69) is 10.6 Å². The van der Waals surface area contributed by atoms with Crippen molar-refractivity contribution in [2.24, 2.45) is 0 Å². The van der Waals surface area contributed by atoms with Crippen LogP contribution in [0.1, 0.15) is 12.0 Å². The lowest BCUT2D eigenvalue weighted by atomic mass is 10.0. The number of anilines is 3. The summed E-state index contributed by atoms with van der Waals surface area (Å²) >= 11 is 5.91. The molecule has 0 saturated carbocycles. The van der Waals surface area contributed by atoms with Crippen LogP contribution in [0.3, 0.4) is 0 Å². The molecule has 0 aromatic heterocycles. The Bertz CT molecular complexity index is 703. The number of fused-ring (bicyclic) bond motifs is 1. The summed E-state index contributed by atoms with van der Waals surface area (Å²) in [6.07, 6.45) is 2.10. The molecule has 108 valence electrons. The highest BCUT2D eigenvalue weighted by molar-refractivity contribution is 6.33. The number of para-hydroxylation sites is 1. The highest BCUT2D eigenvalue weighted by Gasteiger charge is 2.18. The van der Waals surface area contributed by atoms with Gasteiger partial charge in [0, 0.05) is 17.9 Å². The summed E-state index contributed by atoms with van der Waals surface area (Å²) < 4.78 is 0. The van der Waals surface area contributed by atoms with Crippen LogP contribution in [0.5, 0.6) is 0 Å². The number of nitro groups is 1. The Hall–Kier alpha value is -2.27. The maximum absolute atomic E-state index is 11.1. The van der Waals surface area contributed by atoms with Crippen LogP contribution in [0.2, 0.25) is 5.02 Å². The molecular formula is C15H14ClN3O2. The summed E-state index contributed by atoms with van der Waals surface area (Å²) in [6, 6.07) is 10.8. The molecule has 1 aliphatic rings. The smallest absolute Gasteiger partial charge is 0.311 e. The average molecular weight is 304 g/mol. The minimum Gasteiger partial charge on any atom is -0.385 e. The van der Waals surface area contributed by atoms with E-state index in [0.717, 1.165) is 30.8 Å². The summed E-state index contributed by atoms with van der Waals surface area (Å²) in [5.74, 6) is 0. The van der Waals surface area contributed by atoms with Gasteiger partial charge in [-0.3, -0.25) is 10.1 Å². The Morgan fingerprint density at radius 3 is 2.95 bits per heavy atom. The Balaban J connectivity index is 1.94. The second kappa shape index (κ2) is 5.61. The Labute approximate surface area is 127 Å². The largest absolute Gasteiger partial charge is 0.385 e. The van der Waals surface area contributed by atoms with E-state index in [0.29, 0.717) is 5.69 Å². The van der Waals surface area contributed by atoms with E-state index in [-0.39, 0.29) is 10.7 Å². The van der Waals surface area contributed by atoms with Gasteiger partial charge in [-0.2, -0.15) is 0 Å². The molecule has 2 aromatic carbocycles. The van der Waals surface area contributed by atoms with Crippen LogP contribution < -0.4 is 10.6 Å². The number of hydrogen-bond donors (Lipinski definition) is 2. The molecule has 2 aromatic rings. The van der Waals surface area contributed by atoms with Gasteiger partial charge in [0.2, 0.25) is 0 Å². The van der Waals surface area contributed by atoms with Gasteiger partial charge in [-0.25, -0.2) is 0 Å². The van der Waals surface area contributed by atoms with Gasteiger partial charge in [-0.05, 0) is 48.7 Å². The molecule has 0 fully saturated rings. The molecule has 3 rings (SSSR count). The molecule has 0 aliphatic carbocycles. The zero-order valence-corrected chi connectivity index (χ0v) is 12.0. The van der Waals surface area contributed by atoms with Gasteiger partial charge in [0.25, 0.3) is 0 Å². The molecule has 21 heavy (non-hydrogen) atoms. The van der Waals surface area contributed by atoms with E-state index in [4.69, 9.17) is 11.6 Å².